The summed E-state index contributed by atoms with van der Waals surface area (Å²) in [5.74, 6) is 0.565. The van der Waals surface area contributed by atoms with Gasteiger partial charge in [0.25, 0.3) is 0 Å². The van der Waals surface area contributed by atoms with Crippen LogP contribution >= 0.6 is 15.9 Å². The number of nitrogen functional groups attached to an aromatic ring is 1. The van der Waals surface area contributed by atoms with Crippen LogP contribution in [0.2, 0.25) is 0 Å². The molecule has 0 saturated heterocycles. The third-order valence-electron chi connectivity index (χ3n) is 3.04. The van der Waals surface area contributed by atoms with Gasteiger partial charge >= 0.3 is 0 Å². The molecule has 0 spiro atoms. The minimum atomic E-state index is -0.00428. The largest absolute Gasteiger partial charge is 0.496 e. The van der Waals surface area contributed by atoms with Crippen molar-refractivity contribution in [2.75, 3.05) is 20.0 Å². The lowest BCUT2D eigenvalue weighted by Crippen LogP contribution is -2.04. The minimum absolute atomic E-state index is 0.00428. The third kappa shape index (κ3) is 2.54. The summed E-state index contributed by atoms with van der Waals surface area (Å²) in [7, 11) is 2.89. The zero-order valence-corrected chi connectivity index (χ0v) is 13.4. The summed E-state index contributed by atoms with van der Waals surface area (Å²) in [5, 5.41) is 18.9. The van der Waals surface area contributed by atoms with Crippen molar-refractivity contribution in [1.29, 1.82) is 10.5 Å². The minimum Gasteiger partial charge on any atom is -0.496 e. The molecule has 1 aromatic heterocycles. The van der Waals surface area contributed by atoms with Crippen molar-refractivity contribution >= 4 is 21.7 Å². The van der Waals surface area contributed by atoms with Gasteiger partial charge in [-0.1, -0.05) is 15.9 Å². The van der Waals surface area contributed by atoms with Crippen molar-refractivity contribution in [2.45, 2.75) is 0 Å². The van der Waals surface area contributed by atoms with Crippen LogP contribution in [0.5, 0.6) is 11.6 Å². The Bertz CT molecular complexity index is 822. The Morgan fingerprint density at radius 1 is 1.14 bits per heavy atom. The molecule has 0 aliphatic carbocycles. The summed E-state index contributed by atoms with van der Waals surface area (Å²) in [6.07, 6.45) is 0. The Balaban J connectivity index is 2.97. The average molecular weight is 359 g/mol. The van der Waals surface area contributed by atoms with Crippen LogP contribution in [-0.2, 0) is 0 Å². The van der Waals surface area contributed by atoms with E-state index in [-0.39, 0.29) is 22.8 Å². The first-order valence-corrected chi connectivity index (χ1v) is 6.88. The first-order valence-electron chi connectivity index (χ1n) is 6.08. The molecule has 110 valence electrons. The number of hydrogen-bond donors (Lipinski definition) is 1. The maximum absolute atomic E-state index is 9.46. The van der Waals surface area contributed by atoms with E-state index < -0.39 is 0 Å². The zero-order valence-electron chi connectivity index (χ0n) is 11.8. The molecule has 0 saturated carbocycles. The standard InChI is InChI=1S/C15H11BrN4O2/c1-21-12-4-3-8(16)5-9(12)13-10(6-17)14(19)20-15(22-2)11(13)7-18/h3-5H,1-2H3,(H2,19,20). The number of rotatable bonds is 3. The smallest absolute Gasteiger partial charge is 0.234 e. The number of anilines is 1. The summed E-state index contributed by atoms with van der Waals surface area (Å²) in [4.78, 5) is 3.96. The number of benzene rings is 1. The van der Waals surface area contributed by atoms with Crippen molar-refractivity contribution in [3.8, 4) is 34.9 Å². The van der Waals surface area contributed by atoms with Gasteiger partial charge in [0.1, 0.15) is 34.8 Å². The van der Waals surface area contributed by atoms with Gasteiger partial charge in [-0.2, -0.15) is 15.5 Å². The van der Waals surface area contributed by atoms with Gasteiger partial charge in [0.2, 0.25) is 5.88 Å². The quantitative estimate of drug-likeness (QED) is 0.904. The number of halogens is 1. The topological polar surface area (TPSA) is 105 Å². The fourth-order valence-electron chi connectivity index (χ4n) is 2.09. The first kappa shape index (κ1) is 15.6. The van der Waals surface area contributed by atoms with Crippen LogP contribution in [0.15, 0.2) is 22.7 Å². The van der Waals surface area contributed by atoms with Crippen LogP contribution in [0.1, 0.15) is 11.1 Å². The van der Waals surface area contributed by atoms with Gasteiger partial charge in [0, 0.05) is 15.6 Å². The molecule has 22 heavy (non-hydrogen) atoms. The summed E-state index contributed by atoms with van der Waals surface area (Å²) < 4.78 is 11.2. The number of methoxy groups -OCH3 is 2. The molecule has 2 rings (SSSR count). The summed E-state index contributed by atoms with van der Waals surface area (Å²) in [6.45, 7) is 0. The van der Waals surface area contributed by atoms with Gasteiger partial charge in [-0.05, 0) is 18.2 Å². The normalized spacial score (nSPS) is 9.68. The second-order valence-corrected chi connectivity index (χ2v) is 5.12. The molecule has 6 nitrogen and oxygen atoms in total. The number of aromatic nitrogens is 1. The second kappa shape index (κ2) is 6.33. The predicted molar refractivity (Wildman–Crippen MR) is 84.3 cm³/mol. The summed E-state index contributed by atoms with van der Waals surface area (Å²) in [5.41, 5.74) is 6.95. The maximum atomic E-state index is 9.46. The van der Waals surface area contributed by atoms with E-state index in [1.54, 1.807) is 18.2 Å². The summed E-state index contributed by atoms with van der Waals surface area (Å²) >= 11 is 3.37. The van der Waals surface area contributed by atoms with Crippen molar-refractivity contribution < 1.29 is 9.47 Å². The number of pyridine rings is 1. The lowest BCUT2D eigenvalue weighted by molar-refractivity contribution is 0.397. The zero-order chi connectivity index (χ0) is 16.3. The van der Waals surface area contributed by atoms with Crippen molar-refractivity contribution in [1.82, 2.24) is 4.98 Å². The Kier molecular flexibility index (Phi) is 4.50. The lowest BCUT2D eigenvalue weighted by atomic mass is 9.95. The third-order valence-corrected chi connectivity index (χ3v) is 3.53. The van der Waals surface area contributed by atoms with E-state index >= 15 is 0 Å². The van der Waals surface area contributed by atoms with Gasteiger partial charge in [-0.3, -0.25) is 0 Å². The van der Waals surface area contributed by atoms with E-state index in [0.29, 0.717) is 16.9 Å². The van der Waals surface area contributed by atoms with Gasteiger partial charge in [0.05, 0.1) is 14.2 Å². The second-order valence-electron chi connectivity index (χ2n) is 4.20. The van der Waals surface area contributed by atoms with E-state index in [9.17, 15) is 10.5 Å². The number of hydrogen-bond acceptors (Lipinski definition) is 6. The molecule has 0 aliphatic heterocycles. The fraction of sp³-hybridized carbons (Fsp3) is 0.133. The van der Waals surface area contributed by atoms with Crippen molar-refractivity contribution in [3.63, 3.8) is 0 Å². The fourth-order valence-corrected chi connectivity index (χ4v) is 2.45. The van der Waals surface area contributed by atoms with Crippen LogP contribution in [0.4, 0.5) is 5.82 Å². The molecule has 0 unspecified atom stereocenters. The monoisotopic (exact) mass is 358 g/mol. The molecular weight excluding hydrogens is 348 g/mol. The molecule has 0 atom stereocenters. The highest BCUT2D eigenvalue weighted by atomic mass is 79.9. The van der Waals surface area contributed by atoms with Crippen molar-refractivity contribution in [2.24, 2.45) is 0 Å². The number of nitrogens with two attached hydrogens (primary N) is 1. The average Bonchev–Trinajstić information content (AvgIpc) is 2.53. The maximum Gasteiger partial charge on any atom is 0.234 e. The van der Waals surface area contributed by atoms with Crippen LogP contribution in [0, 0.1) is 22.7 Å². The van der Waals surface area contributed by atoms with Gasteiger partial charge < -0.3 is 15.2 Å². The van der Waals surface area contributed by atoms with Crippen LogP contribution in [0.3, 0.4) is 0 Å². The molecule has 0 aliphatic rings. The van der Waals surface area contributed by atoms with E-state index in [2.05, 4.69) is 20.9 Å². The molecule has 1 aromatic carbocycles. The highest BCUT2D eigenvalue weighted by Crippen LogP contribution is 2.40. The molecular formula is C15H11BrN4O2. The Morgan fingerprint density at radius 2 is 1.82 bits per heavy atom. The lowest BCUT2D eigenvalue weighted by Gasteiger charge is -2.15. The number of nitriles is 2. The molecule has 2 N–H and O–H groups in total. The molecule has 1 heterocycles. The van der Waals surface area contributed by atoms with E-state index in [0.717, 1.165) is 4.47 Å². The van der Waals surface area contributed by atoms with Crippen LogP contribution in [-0.4, -0.2) is 19.2 Å². The first-order chi connectivity index (χ1) is 10.6. The molecule has 0 bridgehead atoms. The summed E-state index contributed by atoms with van der Waals surface area (Å²) in [6, 6.07) is 9.28. The number of ether oxygens (including phenoxy) is 2. The molecule has 2 aromatic rings. The molecule has 0 amide bonds. The highest BCUT2D eigenvalue weighted by Gasteiger charge is 2.23. The van der Waals surface area contributed by atoms with Crippen molar-refractivity contribution in [3.05, 3.63) is 33.8 Å². The van der Waals surface area contributed by atoms with E-state index in [1.165, 1.54) is 14.2 Å². The van der Waals surface area contributed by atoms with E-state index in [4.69, 9.17) is 15.2 Å². The Morgan fingerprint density at radius 3 is 2.36 bits per heavy atom. The SMILES string of the molecule is COc1ccc(Br)cc1-c1c(C#N)c(N)nc(OC)c1C#N. The molecule has 7 heteroatoms. The van der Waals surface area contributed by atoms with Gasteiger partial charge in [-0.25, -0.2) is 0 Å². The predicted octanol–water partition coefficient (Wildman–Crippen LogP) is 2.85. The number of nitrogens with zero attached hydrogens (tertiary/aromatic N) is 3. The van der Waals surface area contributed by atoms with Crippen LogP contribution < -0.4 is 15.2 Å². The van der Waals surface area contributed by atoms with Gasteiger partial charge in [-0.15, -0.1) is 0 Å². The highest BCUT2D eigenvalue weighted by molar-refractivity contribution is 9.10. The molecule has 0 radical (unpaired) electrons. The van der Waals surface area contributed by atoms with E-state index in [1.807, 2.05) is 12.1 Å². The van der Waals surface area contributed by atoms with Gasteiger partial charge in [0.15, 0.2) is 0 Å². The Hall–Kier alpha value is -2.77. The molecule has 0 fully saturated rings. The Labute approximate surface area is 135 Å². The van der Waals surface area contributed by atoms with Crippen LogP contribution in [0.25, 0.3) is 11.1 Å².